The number of carbonyl (C=O) groups excluding carboxylic acids is 2. The summed E-state index contributed by atoms with van der Waals surface area (Å²) in [4.78, 5) is 43.2. The molecule has 0 aliphatic carbocycles. The number of hydrogen-bond donors (Lipinski definition) is 2. The Morgan fingerprint density at radius 3 is 2.59 bits per heavy atom. The zero-order valence-electron chi connectivity index (χ0n) is 21.8. The van der Waals surface area contributed by atoms with E-state index in [1.54, 1.807) is 55.2 Å². The number of benzene rings is 1. The van der Waals surface area contributed by atoms with Crippen LogP contribution in [-0.4, -0.2) is 46.4 Å². The number of methoxy groups -OCH3 is 1. The Hall–Kier alpha value is -3.79. The fraction of sp³-hybridized carbons (Fsp3) is 0.385. The molecule has 0 atom stereocenters. The summed E-state index contributed by atoms with van der Waals surface area (Å²) in [5, 5.41) is 6.02. The van der Waals surface area contributed by atoms with E-state index in [0.717, 1.165) is 0 Å². The van der Waals surface area contributed by atoms with Crippen molar-refractivity contribution in [1.82, 2.24) is 19.7 Å². The number of hydrogen-bond acceptors (Lipinski definition) is 6. The molecule has 1 aromatic carbocycles. The fourth-order valence-corrected chi connectivity index (χ4v) is 3.98. The molecule has 0 spiro atoms. The molecule has 0 aliphatic rings. The summed E-state index contributed by atoms with van der Waals surface area (Å²) in [7, 11) is 3.24. The Labute approximate surface area is 220 Å². The van der Waals surface area contributed by atoms with Crippen molar-refractivity contribution in [2.75, 3.05) is 25.6 Å². The van der Waals surface area contributed by atoms with Gasteiger partial charge < -0.3 is 20.1 Å². The van der Waals surface area contributed by atoms with Crippen molar-refractivity contribution in [1.29, 1.82) is 0 Å². The van der Waals surface area contributed by atoms with Crippen LogP contribution in [-0.2, 0) is 11.8 Å². The minimum absolute atomic E-state index is 0.0618. The molecule has 3 aromatic rings. The van der Waals surface area contributed by atoms with E-state index < -0.39 is 11.0 Å². The van der Waals surface area contributed by atoms with Gasteiger partial charge in [0.2, 0.25) is 5.91 Å². The van der Waals surface area contributed by atoms with Gasteiger partial charge in [-0.25, -0.2) is 4.98 Å². The summed E-state index contributed by atoms with van der Waals surface area (Å²) in [6.45, 7) is 7.88. The Bertz CT molecular complexity index is 1360. The van der Waals surface area contributed by atoms with E-state index in [0.29, 0.717) is 40.2 Å². The lowest BCUT2D eigenvalue weighted by atomic mass is 9.88. The molecule has 0 fully saturated rings. The van der Waals surface area contributed by atoms with E-state index in [9.17, 15) is 14.4 Å². The normalized spacial score (nSPS) is 11.2. The van der Waals surface area contributed by atoms with Crippen LogP contribution < -0.4 is 25.7 Å². The van der Waals surface area contributed by atoms with Crippen LogP contribution in [0.2, 0.25) is 5.02 Å². The Balaban J connectivity index is 1.71. The largest absolute Gasteiger partial charge is 0.497 e. The molecular weight excluding hydrogens is 498 g/mol. The summed E-state index contributed by atoms with van der Waals surface area (Å²) in [5.74, 6) is 0.643. The highest BCUT2D eigenvalue weighted by atomic mass is 35.5. The van der Waals surface area contributed by atoms with Crippen LogP contribution in [0.4, 0.5) is 5.69 Å². The van der Waals surface area contributed by atoms with E-state index in [2.05, 4.69) is 15.6 Å². The van der Waals surface area contributed by atoms with Crippen LogP contribution in [0.1, 0.15) is 43.2 Å². The quantitative estimate of drug-likeness (QED) is 0.413. The number of carbonyl (C=O) groups is 2. The second-order valence-corrected chi connectivity index (χ2v) is 9.74. The van der Waals surface area contributed by atoms with Gasteiger partial charge in [-0.05, 0) is 43.5 Å². The number of halogens is 1. The van der Waals surface area contributed by atoms with E-state index in [1.165, 1.54) is 11.8 Å². The third kappa shape index (κ3) is 6.51. The highest BCUT2D eigenvalue weighted by molar-refractivity contribution is 6.31. The van der Waals surface area contributed by atoms with Gasteiger partial charge in [-0.2, -0.15) is 4.68 Å². The van der Waals surface area contributed by atoms with Gasteiger partial charge in [-0.15, -0.1) is 0 Å². The molecule has 37 heavy (non-hydrogen) atoms. The Kier molecular flexibility index (Phi) is 8.65. The van der Waals surface area contributed by atoms with Crippen LogP contribution in [0.5, 0.6) is 11.5 Å². The molecule has 2 heterocycles. The lowest BCUT2D eigenvalue weighted by Gasteiger charge is -2.24. The highest BCUT2D eigenvalue weighted by Crippen LogP contribution is 2.25. The smallest absolute Gasteiger partial charge is 0.296 e. The minimum Gasteiger partial charge on any atom is -0.497 e. The SMILES string of the molecule is CCOc1ccc(Cl)cc1C(=O)NCC(C)(C)CC(=O)Nc1c(C)n(C)n(-c2cc(OC)ccn2)c1=O. The van der Waals surface area contributed by atoms with Crippen LogP contribution in [0, 0.1) is 12.3 Å². The maximum absolute atomic E-state index is 13.2. The van der Waals surface area contributed by atoms with Crippen molar-refractivity contribution in [3.63, 3.8) is 0 Å². The van der Waals surface area contributed by atoms with Crippen LogP contribution >= 0.6 is 11.6 Å². The molecule has 198 valence electrons. The van der Waals surface area contributed by atoms with Crippen molar-refractivity contribution < 1.29 is 19.1 Å². The average molecular weight is 530 g/mol. The first kappa shape index (κ1) is 27.8. The van der Waals surface area contributed by atoms with Gasteiger partial charge in [0.15, 0.2) is 5.82 Å². The molecule has 2 amide bonds. The predicted molar refractivity (Wildman–Crippen MR) is 142 cm³/mol. The number of pyridine rings is 1. The van der Waals surface area contributed by atoms with Crippen molar-refractivity contribution >= 4 is 29.1 Å². The lowest BCUT2D eigenvalue weighted by Crippen LogP contribution is -2.37. The number of nitrogens with one attached hydrogen (secondary N) is 2. The first-order valence-corrected chi connectivity index (χ1v) is 12.1. The average Bonchev–Trinajstić information content (AvgIpc) is 3.06. The maximum atomic E-state index is 13.2. The second kappa shape index (κ2) is 11.5. The third-order valence-electron chi connectivity index (χ3n) is 5.84. The molecule has 11 heteroatoms. The molecule has 0 aliphatic heterocycles. The summed E-state index contributed by atoms with van der Waals surface area (Å²) < 4.78 is 13.7. The monoisotopic (exact) mass is 529 g/mol. The zero-order chi connectivity index (χ0) is 27.3. The van der Waals surface area contributed by atoms with Crippen molar-refractivity contribution in [2.45, 2.75) is 34.1 Å². The topological polar surface area (TPSA) is 116 Å². The summed E-state index contributed by atoms with van der Waals surface area (Å²) in [6, 6.07) is 8.16. The molecule has 3 rings (SSSR count). The summed E-state index contributed by atoms with van der Waals surface area (Å²) >= 11 is 6.06. The first-order chi connectivity index (χ1) is 17.5. The van der Waals surface area contributed by atoms with E-state index >= 15 is 0 Å². The van der Waals surface area contributed by atoms with Gasteiger partial charge in [0.05, 0.1) is 25.0 Å². The number of anilines is 1. The molecule has 0 unspecified atom stereocenters. The zero-order valence-corrected chi connectivity index (χ0v) is 22.6. The molecule has 2 aromatic heterocycles. The van der Waals surface area contributed by atoms with Gasteiger partial charge in [0, 0.05) is 37.3 Å². The number of rotatable bonds is 10. The number of amides is 2. The second-order valence-electron chi connectivity index (χ2n) is 9.30. The van der Waals surface area contributed by atoms with Crippen LogP contribution in [0.15, 0.2) is 41.3 Å². The molecule has 2 N–H and O–H groups in total. The molecule has 0 saturated heterocycles. The van der Waals surface area contributed by atoms with Gasteiger partial charge in [-0.1, -0.05) is 25.4 Å². The van der Waals surface area contributed by atoms with Crippen molar-refractivity contribution in [2.24, 2.45) is 12.5 Å². The first-order valence-electron chi connectivity index (χ1n) is 11.8. The standard InChI is InChI=1S/C26H32ClN5O5/c1-7-37-20-9-8-17(27)12-19(20)24(34)29-15-26(3,4)14-22(33)30-23-16(2)31(5)32(25(23)35)21-13-18(36-6)10-11-28-21/h8-13H,7,14-15H2,1-6H3,(H,29,34)(H,30,33). The molecular formula is C26H32ClN5O5. The van der Waals surface area contributed by atoms with Crippen molar-refractivity contribution in [3.05, 3.63) is 63.2 Å². The number of nitrogens with zero attached hydrogens (tertiary/aromatic N) is 3. The molecule has 0 radical (unpaired) electrons. The predicted octanol–water partition coefficient (Wildman–Crippen LogP) is 3.72. The summed E-state index contributed by atoms with van der Waals surface area (Å²) in [6.07, 6.45) is 1.60. The van der Waals surface area contributed by atoms with Gasteiger partial charge in [-0.3, -0.25) is 19.1 Å². The van der Waals surface area contributed by atoms with Gasteiger partial charge in [0.25, 0.3) is 11.5 Å². The van der Waals surface area contributed by atoms with E-state index in [1.807, 2.05) is 20.8 Å². The van der Waals surface area contributed by atoms with Crippen LogP contribution in [0.25, 0.3) is 5.82 Å². The van der Waals surface area contributed by atoms with Crippen molar-refractivity contribution in [3.8, 4) is 17.3 Å². The molecule has 10 nitrogen and oxygen atoms in total. The Morgan fingerprint density at radius 2 is 1.92 bits per heavy atom. The van der Waals surface area contributed by atoms with Crippen LogP contribution in [0.3, 0.4) is 0 Å². The molecule has 0 saturated carbocycles. The number of aromatic nitrogens is 3. The minimum atomic E-state index is -0.611. The fourth-order valence-electron chi connectivity index (χ4n) is 3.81. The van der Waals surface area contributed by atoms with Gasteiger partial charge in [0.1, 0.15) is 17.2 Å². The Morgan fingerprint density at radius 1 is 1.19 bits per heavy atom. The lowest BCUT2D eigenvalue weighted by molar-refractivity contribution is -0.118. The third-order valence-corrected chi connectivity index (χ3v) is 6.08. The van der Waals surface area contributed by atoms with E-state index in [-0.39, 0.29) is 30.5 Å². The maximum Gasteiger partial charge on any atom is 0.296 e. The van der Waals surface area contributed by atoms with E-state index in [4.69, 9.17) is 21.1 Å². The summed E-state index contributed by atoms with van der Waals surface area (Å²) in [5.41, 5.74) is 0.0294. The molecule has 0 bridgehead atoms. The van der Waals surface area contributed by atoms with Gasteiger partial charge >= 0.3 is 0 Å². The number of ether oxygens (including phenoxy) is 2. The highest BCUT2D eigenvalue weighted by Gasteiger charge is 2.26.